The van der Waals surface area contributed by atoms with Gasteiger partial charge in [0.15, 0.2) is 0 Å². The fraction of sp³-hybridized carbons (Fsp3) is 0.692. The average Bonchev–Trinajstić information content (AvgIpc) is 2.92. The molecule has 0 aromatic heterocycles. The van der Waals surface area contributed by atoms with Crippen LogP contribution in [0.3, 0.4) is 0 Å². The van der Waals surface area contributed by atoms with Crippen LogP contribution < -0.4 is 5.32 Å². The van der Waals surface area contributed by atoms with Crippen molar-refractivity contribution in [3.05, 3.63) is 0 Å². The average molecular weight is 353 g/mol. The van der Waals surface area contributed by atoms with Gasteiger partial charge in [0.1, 0.15) is 0 Å². The summed E-state index contributed by atoms with van der Waals surface area (Å²) in [6.45, 7) is -1.62. The summed E-state index contributed by atoms with van der Waals surface area (Å²) in [5, 5.41) is 51.9. The second kappa shape index (κ2) is 13.4. The van der Waals surface area contributed by atoms with Crippen molar-refractivity contribution in [1.29, 1.82) is 0 Å². The van der Waals surface area contributed by atoms with E-state index in [4.69, 9.17) is 30.6 Å². The smallest absolute Gasteiger partial charge is 0.303 e. The summed E-state index contributed by atoms with van der Waals surface area (Å²) in [4.78, 5) is 39.5. The summed E-state index contributed by atoms with van der Waals surface area (Å²) < 4.78 is 0. The van der Waals surface area contributed by atoms with Gasteiger partial charge in [-0.2, -0.15) is 0 Å². The molecule has 0 aliphatic carbocycles. The zero-order valence-corrected chi connectivity index (χ0v) is 13.0. The van der Waals surface area contributed by atoms with E-state index < -0.39 is 43.8 Å². The van der Waals surface area contributed by atoms with Crippen LogP contribution in [0, 0.1) is 5.41 Å². The van der Waals surface area contributed by atoms with Gasteiger partial charge in [0, 0.05) is 12.8 Å². The molecule has 0 aromatic rings. The Bertz CT molecular complexity index is 373. The molecule has 7 N–H and O–H groups in total. The number of carboxylic acid groups (broad SMARTS) is 2. The van der Waals surface area contributed by atoms with Crippen LogP contribution in [0.5, 0.6) is 0 Å². The quantitative estimate of drug-likeness (QED) is 0.236. The molecule has 0 unspecified atom stereocenters. The lowest BCUT2D eigenvalue weighted by atomic mass is 9.93. The molecule has 140 valence electrons. The highest BCUT2D eigenvalue weighted by atomic mass is 16.4. The van der Waals surface area contributed by atoms with E-state index in [1.807, 2.05) is 0 Å². The molecule has 0 bridgehead atoms. The molecule has 2 amide bonds. The Hall–Kier alpha value is -2.08. The summed E-state index contributed by atoms with van der Waals surface area (Å²) in [5.74, 6) is -2.45. The highest BCUT2D eigenvalue weighted by molar-refractivity contribution is 6.01. The molecule has 1 rings (SSSR count). The van der Waals surface area contributed by atoms with E-state index in [1.54, 1.807) is 0 Å². The number of aliphatic carboxylic acids is 2. The Morgan fingerprint density at radius 3 is 1.17 bits per heavy atom. The van der Waals surface area contributed by atoms with Crippen LogP contribution in [0.4, 0.5) is 0 Å². The first-order valence-corrected chi connectivity index (χ1v) is 6.86. The Labute approximate surface area is 137 Å². The van der Waals surface area contributed by atoms with Gasteiger partial charge in [0.05, 0.1) is 44.7 Å². The SMILES string of the molecule is O=C(O)CCC(=O)O.O=C1CCC(=O)N1.OCC(CO)(CO)CO. The maximum atomic E-state index is 10.1. The first-order chi connectivity index (χ1) is 11.2. The lowest BCUT2D eigenvalue weighted by Crippen LogP contribution is -2.37. The first-order valence-electron chi connectivity index (χ1n) is 6.86. The lowest BCUT2D eigenvalue weighted by Gasteiger charge is -2.23. The van der Waals surface area contributed by atoms with Crippen molar-refractivity contribution in [2.45, 2.75) is 25.7 Å². The highest BCUT2D eigenvalue weighted by Crippen LogP contribution is 2.11. The Morgan fingerprint density at radius 2 is 1.08 bits per heavy atom. The van der Waals surface area contributed by atoms with Gasteiger partial charge in [-0.05, 0) is 0 Å². The number of imide groups is 1. The van der Waals surface area contributed by atoms with Gasteiger partial charge in [0.2, 0.25) is 11.8 Å². The predicted molar refractivity (Wildman–Crippen MR) is 77.7 cm³/mol. The minimum atomic E-state index is -1.11. The van der Waals surface area contributed by atoms with Crippen LogP contribution in [0.2, 0.25) is 0 Å². The molecule has 24 heavy (non-hydrogen) atoms. The fourth-order valence-corrected chi connectivity index (χ4v) is 1.02. The molecule has 1 aliphatic heterocycles. The Morgan fingerprint density at radius 1 is 0.792 bits per heavy atom. The number of carbonyl (C=O) groups is 4. The van der Waals surface area contributed by atoms with Gasteiger partial charge in [-0.1, -0.05) is 0 Å². The van der Waals surface area contributed by atoms with Gasteiger partial charge in [-0.3, -0.25) is 24.5 Å². The number of hydrogen-bond acceptors (Lipinski definition) is 8. The Balaban J connectivity index is 0. The van der Waals surface area contributed by atoms with E-state index in [0.29, 0.717) is 12.8 Å². The standard InChI is InChI=1S/C5H12O4.C4H5NO2.C4H6O4/c6-1-5(2-7,3-8)4-9;6-3-1-2-4(7)5-3;5-3(6)1-2-4(7)8/h6-9H,1-4H2;1-2H2,(H,5,6,7);1-2H2,(H,5,6)(H,7,8). The topological polar surface area (TPSA) is 202 Å². The van der Waals surface area contributed by atoms with Crippen LogP contribution in [-0.2, 0) is 19.2 Å². The molecule has 1 aliphatic rings. The minimum absolute atomic E-state index is 0.148. The molecule has 11 nitrogen and oxygen atoms in total. The molecule has 0 atom stereocenters. The van der Waals surface area contributed by atoms with Gasteiger partial charge in [-0.25, -0.2) is 0 Å². The number of carboxylic acids is 2. The number of nitrogens with one attached hydrogen (secondary N) is 1. The molecule has 11 heteroatoms. The van der Waals surface area contributed by atoms with Crippen LogP contribution in [0.1, 0.15) is 25.7 Å². The molecule has 0 aromatic carbocycles. The van der Waals surface area contributed by atoms with Crippen LogP contribution in [0.25, 0.3) is 0 Å². The zero-order chi connectivity index (χ0) is 19.2. The molecule has 1 heterocycles. The number of amides is 2. The van der Waals surface area contributed by atoms with Crippen LogP contribution in [-0.4, -0.2) is 80.8 Å². The van der Waals surface area contributed by atoms with Crippen molar-refractivity contribution in [2.24, 2.45) is 5.41 Å². The van der Waals surface area contributed by atoms with Crippen molar-refractivity contribution >= 4 is 23.8 Å². The van der Waals surface area contributed by atoms with Crippen molar-refractivity contribution in [3.8, 4) is 0 Å². The molecule has 0 saturated carbocycles. The van der Waals surface area contributed by atoms with Gasteiger partial charge in [-0.15, -0.1) is 0 Å². The second-order valence-electron chi connectivity index (χ2n) is 4.89. The minimum Gasteiger partial charge on any atom is -0.481 e. The summed E-state index contributed by atoms with van der Waals surface area (Å²) in [7, 11) is 0. The third-order valence-corrected chi connectivity index (χ3v) is 2.75. The molecule has 1 saturated heterocycles. The maximum absolute atomic E-state index is 10.1. The van der Waals surface area contributed by atoms with Crippen LogP contribution >= 0.6 is 0 Å². The van der Waals surface area contributed by atoms with E-state index in [2.05, 4.69) is 5.32 Å². The predicted octanol–water partition coefficient (Wildman–Crippen LogP) is -2.70. The summed E-state index contributed by atoms with van der Waals surface area (Å²) in [5.41, 5.74) is -1.11. The van der Waals surface area contributed by atoms with Crippen molar-refractivity contribution in [2.75, 3.05) is 26.4 Å². The summed E-state index contributed by atoms with van der Waals surface area (Å²) in [6.07, 6.45) is 0.155. The normalized spacial score (nSPS) is 13.2. The largest absolute Gasteiger partial charge is 0.481 e. The van der Waals surface area contributed by atoms with E-state index in [9.17, 15) is 19.2 Å². The molecule has 0 radical (unpaired) electrons. The van der Waals surface area contributed by atoms with E-state index in [-0.39, 0.29) is 24.7 Å². The van der Waals surface area contributed by atoms with E-state index in [1.165, 1.54) is 0 Å². The number of hydrogen-bond donors (Lipinski definition) is 7. The fourth-order valence-electron chi connectivity index (χ4n) is 1.02. The molecule has 0 spiro atoms. The molecule has 1 fully saturated rings. The van der Waals surface area contributed by atoms with Crippen molar-refractivity contribution in [3.63, 3.8) is 0 Å². The van der Waals surface area contributed by atoms with Gasteiger partial charge >= 0.3 is 11.9 Å². The third kappa shape index (κ3) is 12.5. The number of aliphatic hydroxyl groups excluding tert-OH is 4. The van der Waals surface area contributed by atoms with E-state index >= 15 is 0 Å². The first kappa shape index (κ1) is 24.2. The van der Waals surface area contributed by atoms with Crippen molar-refractivity contribution < 1.29 is 49.8 Å². The highest BCUT2D eigenvalue weighted by Gasteiger charge is 2.26. The number of carbonyl (C=O) groups excluding carboxylic acids is 2. The maximum Gasteiger partial charge on any atom is 0.303 e. The van der Waals surface area contributed by atoms with E-state index in [0.717, 1.165) is 0 Å². The van der Waals surface area contributed by atoms with Gasteiger partial charge in [0.25, 0.3) is 0 Å². The zero-order valence-electron chi connectivity index (χ0n) is 13.0. The summed E-state index contributed by atoms with van der Waals surface area (Å²) in [6, 6.07) is 0. The third-order valence-electron chi connectivity index (χ3n) is 2.75. The Kier molecular flexibility index (Phi) is 13.5. The van der Waals surface area contributed by atoms with Crippen LogP contribution in [0.15, 0.2) is 0 Å². The van der Waals surface area contributed by atoms with Gasteiger partial charge < -0.3 is 30.6 Å². The molecular weight excluding hydrogens is 330 g/mol. The van der Waals surface area contributed by atoms with Crippen molar-refractivity contribution in [1.82, 2.24) is 5.32 Å². The monoisotopic (exact) mass is 353 g/mol. The molecular formula is C13H23NO10. The summed E-state index contributed by atoms with van der Waals surface area (Å²) >= 11 is 0. The second-order valence-corrected chi connectivity index (χ2v) is 4.89. The number of aliphatic hydroxyl groups is 4. The number of rotatable bonds is 7. The lowest BCUT2D eigenvalue weighted by molar-refractivity contribution is -0.143.